The maximum Gasteiger partial charge on any atom is 0.250 e. The molecule has 4 heteroatoms. The van der Waals surface area contributed by atoms with E-state index in [9.17, 15) is 0 Å². The first-order chi connectivity index (χ1) is 12.7. The number of rotatable bonds is 7. The molecular weight excluding hydrogens is 352 g/mol. The Hall–Kier alpha value is -2.20. The molecule has 0 aliphatic rings. The van der Waals surface area contributed by atoms with E-state index >= 15 is 0 Å². The second-order valence-electron chi connectivity index (χ2n) is 8.18. The maximum absolute atomic E-state index is 6.48. The molecule has 2 rings (SSSR count). The van der Waals surface area contributed by atoms with Gasteiger partial charge in [-0.2, -0.15) is 0 Å². The van der Waals surface area contributed by atoms with Gasteiger partial charge in [0.15, 0.2) is 0 Å². The minimum absolute atomic E-state index is 0.169. The summed E-state index contributed by atoms with van der Waals surface area (Å²) in [5.74, 6) is 2.64. The molecule has 27 heavy (non-hydrogen) atoms. The molecule has 2 aromatic carbocycles. The standard InChI is InChI=1S/C23H32O3Si/c1-8-22(26-27(6,7)23(2,3)4)19-11-15-21(16-12-19)25-17-18-9-13-20(24-5)14-10-18/h8-16H,17H2,1-7H3/b22-8+. The molecule has 0 bridgehead atoms. The van der Waals surface area contributed by atoms with Gasteiger partial charge in [0.2, 0.25) is 8.32 Å². The van der Waals surface area contributed by atoms with Crippen LogP contribution in [0.15, 0.2) is 54.6 Å². The summed E-state index contributed by atoms with van der Waals surface area (Å²) in [6.45, 7) is 13.8. The van der Waals surface area contributed by atoms with Crippen LogP contribution in [0.5, 0.6) is 11.5 Å². The zero-order valence-corrected chi connectivity index (χ0v) is 18.6. The van der Waals surface area contributed by atoms with Gasteiger partial charge in [0.05, 0.1) is 7.11 Å². The third-order valence-corrected chi connectivity index (χ3v) is 9.48. The van der Waals surface area contributed by atoms with Crippen LogP contribution in [-0.4, -0.2) is 15.4 Å². The van der Waals surface area contributed by atoms with E-state index in [1.165, 1.54) is 0 Å². The van der Waals surface area contributed by atoms with Gasteiger partial charge in [-0.3, -0.25) is 0 Å². The fourth-order valence-corrected chi connectivity index (χ4v) is 3.41. The Morgan fingerprint density at radius 3 is 1.96 bits per heavy atom. The fourth-order valence-electron chi connectivity index (χ4n) is 2.32. The predicted octanol–water partition coefficient (Wildman–Crippen LogP) is 6.66. The lowest BCUT2D eigenvalue weighted by molar-refractivity contribution is 0.306. The average molecular weight is 385 g/mol. The average Bonchev–Trinajstić information content (AvgIpc) is 2.64. The van der Waals surface area contributed by atoms with Crippen molar-refractivity contribution in [3.63, 3.8) is 0 Å². The van der Waals surface area contributed by atoms with Crippen LogP contribution in [0.1, 0.15) is 38.8 Å². The van der Waals surface area contributed by atoms with Gasteiger partial charge in [-0.15, -0.1) is 0 Å². The topological polar surface area (TPSA) is 27.7 Å². The van der Waals surface area contributed by atoms with Crippen LogP contribution in [-0.2, 0) is 11.0 Å². The van der Waals surface area contributed by atoms with E-state index in [0.29, 0.717) is 6.61 Å². The Morgan fingerprint density at radius 1 is 0.926 bits per heavy atom. The molecule has 0 amide bonds. The van der Waals surface area contributed by atoms with E-state index in [2.05, 4.69) is 46.0 Å². The highest BCUT2D eigenvalue weighted by Gasteiger charge is 2.39. The molecule has 0 aliphatic carbocycles. The summed E-state index contributed by atoms with van der Waals surface area (Å²) in [6, 6.07) is 16.0. The van der Waals surface area contributed by atoms with Gasteiger partial charge in [-0.1, -0.05) is 32.9 Å². The molecule has 0 fully saturated rings. The molecule has 0 saturated carbocycles. The van der Waals surface area contributed by atoms with Crippen LogP contribution in [0.25, 0.3) is 5.76 Å². The fraction of sp³-hybridized carbons (Fsp3) is 0.391. The molecule has 146 valence electrons. The van der Waals surface area contributed by atoms with Crippen LogP contribution < -0.4 is 9.47 Å². The van der Waals surface area contributed by atoms with Gasteiger partial charge in [0, 0.05) is 5.56 Å². The monoisotopic (exact) mass is 384 g/mol. The molecule has 0 unspecified atom stereocenters. The summed E-state index contributed by atoms with van der Waals surface area (Å²) in [5.41, 5.74) is 2.19. The van der Waals surface area contributed by atoms with Crippen molar-refractivity contribution < 1.29 is 13.9 Å². The lowest BCUT2D eigenvalue weighted by Gasteiger charge is -2.37. The summed E-state index contributed by atoms with van der Waals surface area (Å²) in [4.78, 5) is 0. The maximum atomic E-state index is 6.48. The summed E-state index contributed by atoms with van der Waals surface area (Å²) in [6.07, 6.45) is 2.05. The van der Waals surface area contributed by atoms with E-state index < -0.39 is 8.32 Å². The van der Waals surface area contributed by atoms with Crippen molar-refractivity contribution in [3.8, 4) is 11.5 Å². The molecule has 0 aromatic heterocycles. The summed E-state index contributed by atoms with van der Waals surface area (Å²) < 4.78 is 17.6. The molecular formula is C23H32O3Si. The number of ether oxygens (including phenoxy) is 2. The van der Waals surface area contributed by atoms with E-state index in [0.717, 1.165) is 28.4 Å². The van der Waals surface area contributed by atoms with Gasteiger partial charge in [-0.25, -0.2) is 0 Å². The highest BCUT2D eigenvalue weighted by Crippen LogP contribution is 2.39. The van der Waals surface area contributed by atoms with Crippen molar-refractivity contribution in [3.05, 3.63) is 65.7 Å². The normalized spacial score (nSPS) is 12.6. The number of allylic oxidation sites excluding steroid dienone is 1. The summed E-state index contributed by atoms with van der Waals surface area (Å²) >= 11 is 0. The van der Waals surface area contributed by atoms with E-state index in [4.69, 9.17) is 13.9 Å². The van der Waals surface area contributed by atoms with Crippen molar-refractivity contribution in [2.45, 2.75) is 52.4 Å². The Balaban J connectivity index is 2.02. The smallest absolute Gasteiger partial charge is 0.250 e. The SMILES string of the molecule is C/C=C(/O[Si](C)(C)C(C)(C)C)c1ccc(OCc2ccc(OC)cc2)cc1. The number of methoxy groups -OCH3 is 1. The molecule has 2 aromatic rings. The predicted molar refractivity (Wildman–Crippen MR) is 116 cm³/mol. The quantitative estimate of drug-likeness (QED) is 0.395. The molecule has 0 aliphatic heterocycles. The third-order valence-electron chi connectivity index (χ3n) is 5.14. The van der Waals surface area contributed by atoms with Crippen molar-refractivity contribution >= 4 is 14.1 Å². The largest absolute Gasteiger partial charge is 0.543 e. The molecule has 0 spiro atoms. The molecule has 0 saturated heterocycles. The Bertz CT molecular complexity index is 754. The highest BCUT2D eigenvalue weighted by atomic mass is 28.4. The van der Waals surface area contributed by atoms with Gasteiger partial charge in [-0.05, 0) is 73.1 Å². The third kappa shape index (κ3) is 5.63. The van der Waals surface area contributed by atoms with Gasteiger partial charge in [0.1, 0.15) is 23.9 Å². The van der Waals surface area contributed by atoms with Gasteiger partial charge in [0.25, 0.3) is 0 Å². The zero-order valence-electron chi connectivity index (χ0n) is 17.6. The highest BCUT2D eigenvalue weighted by molar-refractivity contribution is 6.74. The van der Waals surface area contributed by atoms with Crippen LogP contribution in [0.2, 0.25) is 18.1 Å². The van der Waals surface area contributed by atoms with E-state index in [1.807, 2.05) is 49.4 Å². The molecule has 3 nitrogen and oxygen atoms in total. The van der Waals surface area contributed by atoms with Crippen molar-refractivity contribution in [2.75, 3.05) is 7.11 Å². The molecule has 0 heterocycles. The lowest BCUT2D eigenvalue weighted by atomic mass is 10.2. The number of hydrogen-bond acceptors (Lipinski definition) is 3. The van der Waals surface area contributed by atoms with Crippen LogP contribution in [0.3, 0.4) is 0 Å². The minimum atomic E-state index is -1.86. The summed E-state index contributed by atoms with van der Waals surface area (Å²) in [5, 5.41) is 0.169. The molecule has 0 radical (unpaired) electrons. The van der Waals surface area contributed by atoms with E-state index in [1.54, 1.807) is 7.11 Å². The molecule has 0 N–H and O–H groups in total. The zero-order chi connectivity index (χ0) is 20.1. The Labute approximate surface area is 165 Å². The Morgan fingerprint density at radius 2 is 1.48 bits per heavy atom. The van der Waals surface area contributed by atoms with Crippen LogP contribution >= 0.6 is 0 Å². The lowest BCUT2D eigenvalue weighted by Crippen LogP contribution is -2.40. The van der Waals surface area contributed by atoms with E-state index in [-0.39, 0.29) is 5.04 Å². The van der Waals surface area contributed by atoms with Crippen molar-refractivity contribution in [1.29, 1.82) is 0 Å². The first-order valence-corrected chi connectivity index (χ1v) is 12.3. The van der Waals surface area contributed by atoms with Crippen LogP contribution in [0.4, 0.5) is 0 Å². The second-order valence-corrected chi connectivity index (χ2v) is 12.9. The summed E-state index contributed by atoms with van der Waals surface area (Å²) in [7, 11) is -0.195. The van der Waals surface area contributed by atoms with Crippen LogP contribution in [0, 0.1) is 0 Å². The Kier molecular flexibility index (Phi) is 6.77. The van der Waals surface area contributed by atoms with Crippen molar-refractivity contribution in [1.82, 2.24) is 0 Å². The number of hydrogen-bond donors (Lipinski definition) is 0. The minimum Gasteiger partial charge on any atom is -0.543 e. The van der Waals surface area contributed by atoms with Gasteiger partial charge >= 0.3 is 0 Å². The van der Waals surface area contributed by atoms with Gasteiger partial charge < -0.3 is 13.9 Å². The van der Waals surface area contributed by atoms with Crippen molar-refractivity contribution in [2.24, 2.45) is 0 Å². The first kappa shape index (κ1) is 21.1. The molecule has 0 atom stereocenters. The number of benzene rings is 2. The first-order valence-electron chi connectivity index (χ1n) is 9.38. The second kappa shape index (κ2) is 8.66.